The predicted octanol–water partition coefficient (Wildman–Crippen LogP) is 0.406. The second kappa shape index (κ2) is 3.30. The van der Waals surface area contributed by atoms with Gasteiger partial charge in [0.2, 0.25) is 0 Å². The van der Waals surface area contributed by atoms with Crippen LogP contribution in [0.1, 0.15) is 22.5 Å². The molecule has 0 spiro atoms. The van der Waals surface area contributed by atoms with E-state index in [0.717, 1.165) is 0 Å². The summed E-state index contributed by atoms with van der Waals surface area (Å²) in [5.74, 6) is -1.56. The summed E-state index contributed by atoms with van der Waals surface area (Å²) in [7, 11) is 0. The maximum Gasteiger partial charge on any atom is 0.345 e. The molecular weight excluding hydrogens is 186 g/mol. The number of aromatic nitrogens is 2. The molecule has 0 amide bonds. The van der Waals surface area contributed by atoms with Gasteiger partial charge in [-0.2, -0.15) is 0 Å². The zero-order valence-electron chi connectivity index (χ0n) is 6.12. The Morgan fingerprint density at radius 1 is 1.62 bits per heavy atom. The molecule has 0 aliphatic carbocycles. The third kappa shape index (κ3) is 1.86. The van der Waals surface area contributed by atoms with Crippen LogP contribution >= 0.6 is 0 Å². The molecule has 0 bridgehead atoms. The first kappa shape index (κ1) is 9.30. The van der Waals surface area contributed by atoms with Crippen molar-refractivity contribution in [1.29, 1.82) is 0 Å². The Labute approximate surface area is 70.0 Å². The monoisotopic (exact) mass is 190 g/mol. The number of carbonyl (C=O) groups is 1. The van der Waals surface area contributed by atoms with Crippen LogP contribution in [0, 0.1) is 0 Å². The quantitative estimate of drug-likeness (QED) is 0.707. The van der Waals surface area contributed by atoms with E-state index in [-0.39, 0.29) is 0 Å². The molecule has 7 heteroatoms. The highest BCUT2D eigenvalue weighted by molar-refractivity contribution is 5.88. The van der Waals surface area contributed by atoms with Gasteiger partial charge in [-0.25, -0.2) is 23.4 Å². The number of carboxylic acids is 1. The molecule has 0 fully saturated rings. The van der Waals surface area contributed by atoms with E-state index in [1.54, 1.807) is 4.98 Å². The van der Waals surface area contributed by atoms with E-state index < -0.39 is 29.3 Å². The maximum absolute atomic E-state index is 12.1. The van der Waals surface area contributed by atoms with Crippen LogP contribution in [0.3, 0.4) is 0 Å². The molecule has 0 saturated carbocycles. The molecule has 5 nitrogen and oxygen atoms in total. The number of nitrogens with zero attached hydrogens (tertiary/aromatic N) is 1. The summed E-state index contributed by atoms with van der Waals surface area (Å²) < 4.78 is 24.2. The summed E-state index contributed by atoms with van der Waals surface area (Å²) >= 11 is 0. The molecule has 2 N–H and O–H groups in total. The Morgan fingerprint density at radius 3 is 2.69 bits per heavy atom. The number of nitrogens with one attached hydrogen (secondary N) is 1. The second-order valence-electron chi connectivity index (χ2n) is 2.12. The number of aromatic amines is 1. The Bertz CT molecular complexity index is 388. The minimum Gasteiger partial charge on any atom is -0.478 e. The third-order valence-electron chi connectivity index (χ3n) is 1.29. The summed E-state index contributed by atoms with van der Waals surface area (Å²) in [6.07, 6.45) is -2.44. The molecular formula is C6H4F2N2O3. The van der Waals surface area contributed by atoms with Crippen LogP contribution in [0.2, 0.25) is 0 Å². The highest BCUT2D eigenvalue weighted by Gasteiger charge is 2.19. The fraction of sp³-hybridized carbons (Fsp3) is 0.167. The molecule has 1 aromatic rings. The number of alkyl halides is 2. The van der Waals surface area contributed by atoms with Gasteiger partial charge in [0.1, 0.15) is 11.3 Å². The van der Waals surface area contributed by atoms with E-state index in [9.17, 15) is 18.4 Å². The SMILES string of the molecule is O=C(O)c1cnc(=O)[nH]c1C(F)F. The van der Waals surface area contributed by atoms with Crippen molar-refractivity contribution in [3.05, 3.63) is 27.9 Å². The van der Waals surface area contributed by atoms with Crippen LogP contribution in [-0.4, -0.2) is 21.0 Å². The Kier molecular flexibility index (Phi) is 2.36. The Balaban J connectivity index is 3.35. The van der Waals surface area contributed by atoms with Gasteiger partial charge >= 0.3 is 11.7 Å². The van der Waals surface area contributed by atoms with Crippen molar-refractivity contribution in [3.8, 4) is 0 Å². The van der Waals surface area contributed by atoms with Gasteiger partial charge in [-0.3, -0.25) is 0 Å². The highest BCUT2D eigenvalue weighted by atomic mass is 19.3. The average Bonchev–Trinajstić information content (AvgIpc) is 2.03. The molecule has 0 unspecified atom stereocenters. The first-order valence-electron chi connectivity index (χ1n) is 3.13. The Hall–Kier alpha value is -1.79. The van der Waals surface area contributed by atoms with Crippen molar-refractivity contribution in [2.45, 2.75) is 6.43 Å². The number of rotatable bonds is 2. The zero-order chi connectivity index (χ0) is 10.0. The molecule has 0 aromatic carbocycles. The van der Waals surface area contributed by atoms with E-state index in [4.69, 9.17) is 5.11 Å². The molecule has 1 heterocycles. The van der Waals surface area contributed by atoms with Crippen LogP contribution in [0.15, 0.2) is 11.0 Å². The van der Waals surface area contributed by atoms with Gasteiger partial charge in [0.25, 0.3) is 6.43 Å². The molecule has 0 radical (unpaired) electrons. The van der Waals surface area contributed by atoms with Crippen LogP contribution < -0.4 is 5.69 Å². The number of hydrogen-bond donors (Lipinski definition) is 2. The lowest BCUT2D eigenvalue weighted by molar-refractivity contribution is 0.0681. The lowest BCUT2D eigenvalue weighted by Crippen LogP contribution is -2.17. The molecule has 0 aliphatic rings. The smallest absolute Gasteiger partial charge is 0.345 e. The maximum atomic E-state index is 12.1. The highest BCUT2D eigenvalue weighted by Crippen LogP contribution is 2.18. The second-order valence-corrected chi connectivity index (χ2v) is 2.12. The number of hydrogen-bond acceptors (Lipinski definition) is 3. The third-order valence-corrected chi connectivity index (χ3v) is 1.29. The van der Waals surface area contributed by atoms with E-state index in [2.05, 4.69) is 4.98 Å². The summed E-state index contributed by atoms with van der Waals surface area (Å²) in [6, 6.07) is 0. The first-order valence-corrected chi connectivity index (χ1v) is 3.13. The number of halogens is 2. The first-order chi connectivity index (χ1) is 6.02. The van der Waals surface area contributed by atoms with Gasteiger partial charge < -0.3 is 10.1 Å². The predicted molar refractivity (Wildman–Crippen MR) is 36.8 cm³/mol. The minimum absolute atomic E-state index is 0.600. The van der Waals surface area contributed by atoms with Gasteiger partial charge in [0.05, 0.1) is 0 Å². The summed E-state index contributed by atoms with van der Waals surface area (Å²) in [5.41, 5.74) is -2.62. The van der Waals surface area contributed by atoms with Gasteiger partial charge in [-0.1, -0.05) is 0 Å². The van der Waals surface area contributed by atoms with Gasteiger partial charge in [0, 0.05) is 6.20 Å². The molecule has 13 heavy (non-hydrogen) atoms. The van der Waals surface area contributed by atoms with Crippen LogP contribution in [-0.2, 0) is 0 Å². The van der Waals surface area contributed by atoms with Crippen molar-refractivity contribution in [1.82, 2.24) is 9.97 Å². The Morgan fingerprint density at radius 2 is 2.23 bits per heavy atom. The fourth-order valence-corrected chi connectivity index (χ4v) is 0.750. The number of H-pyrrole nitrogens is 1. The fourth-order valence-electron chi connectivity index (χ4n) is 0.750. The summed E-state index contributed by atoms with van der Waals surface area (Å²) in [6.45, 7) is 0. The van der Waals surface area contributed by atoms with Gasteiger partial charge in [-0.15, -0.1) is 0 Å². The van der Waals surface area contributed by atoms with Crippen molar-refractivity contribution in [2.75, 3.05) is 0 Å². The number of carboxylic acid groups (broad SMARTS) is 1. The molecule has 70 valence electrons. The van der Waals surface area contributed by atoms with Crippen LogP contribution in [0.25, 0.3) is 0 Å². The summed E-state index contributed by atoms with van der Waals surface area (Å²) in [4.78, 5) is 25.5. The summed E-state index contributed by atoms with van der Waals surface area (Å²) in [5, 5.41) is 8.41. The van der Waals surface area contributed by atoms with Crippen molar-refractivity contribution in [3.63, 3.8) is 0 Å². The van der Waals surface area contributed by atoms with E-state index in [0.29, 0.717) is 6.20 Å². The van der Waals surface area contributed by atoms with Crippen molar-refractivity contribution < 1.29 is 18.7 Å². The molecule has 1 rings (SSSR count). The lowest BCUT2D eigenvalue weighted by atomic mass is 10.2. The van der Waals surface area contributed by atoms with Crippen LogP contribution in [0.4, 0.5) is 8.78 Å². The molecule has 1 aromatic heterocycles. The van der Waals surface area contributed by atoms with Crippen LogP contribution in [0.5, 0.6) is 0 Å². The topological polar surface area (TPSA) is 83.0 Å². The lowest BCUT2D eigenvalue weighted by Gasteiger charge is -2.01. The average molecular weight is 190 g/mol. The molecule has 0 atom stereocenters. The zero-order valence-corrected chi connectivity index (χ0v) is 6.12. The standard InChI is InChI=1S/C6H4F2N2O3/c7-4(8)3-2(5(11)12)1-9-6(13)10-3/h1,4H,(H,11,12)(H,9,10,13). The van der Waals surface area contributed by atoms with Gasteiger partial charge in [-0.05, 0) is 0 Å². The molecule has 0 aliphatic heterocycles. The largest absolute Gasteiger partial charge is 0.478 e. The van der Waals surface area contributed by atoms with E-state index >= 15 is 0 Å². The van der Waals surface area contributed by atoms with Gasteiger partial charge in [0.15, 0.2) is 0 Å². The van der Waals surface area contributed by atoms with Crippen molar-refractivity contribution >= 4 is 5.97 Å². The van der Waals surface area contributed by atoms with E-state index in [1.807, 2.05) is 0 Å². The van der Waals surface area contributed by atoms with Crippen molar-refractivity contribution in [2.24, 2.45) is 0 Å². The van der Waals surface area contributed by atoms with E-state index in [1.165, 1.54) is 0 Å². The minimum atomic E-state index is -3.04. The molecule has 0 saturated heterocycles. The normalized spacial score (nSPS) is 10.4. The number of aromatic carboxylic acids is 1.